The smallest absolute Gasteiger partial charge is 0.411 e. The van der Waals surface area contributed by atoms with Crippen molar-refractivity contribution in [1.29, 1.82) is 0 Å². The highest BCUT2D eigenvalue weighted by molar-refractivity contribution is 5.92. The Balaban J connectivity index is 1.51. The number of nitrogens with zero attached hydrogens (tertiary/aromatic N) is 5. The van der Waals surface area contributed by atoms with Gasteiger partial charge in [0, 0.05) is 50.4 Å². The summed E-state index contributed by atoms with van der Waals surface area (Å²) in [6, 6.07) is 2.23. The first-order chi connectivity index (χ1) is 20.4. The van der Waals surface area contributed by atoms with Crippen molar-refractivity contribution in [3.8, 4) is 0 Å². The monoisotopic (exact) mass is 608 g/mol. The first kappa shape index (κ1) is 30.2. The third kappa shape index (κ3) is 6.72. The molecule has 0 spiro atoms. The summed E-state index contributed by atoms with van der Waals surface area (Å²) in [5.41, 5.74) is 1.08. The van der Waals surface area contributed by atoms with E-state index in [9.17, 15) is 31.9 Å². The number of carbonyl (C=O) groups is 3. The number of alkyl halides is 4. The van der Waals surface area contributed by atoms with Gasteiger partial charge in [0.2, 0.25) is 11.8 Å². The van der Waals surface area contributed by atoms with Gasteiger partial charge in [0.1, 0.15) is 5.69 Å². The van der Waals surface area contributed by atoms with E-state index >= 15 is 0 Å². The number of halogens is 4. The molecule has 43 heavy (non-hydrogen) atoms. The molecule has 4 heterocycles. The molecule has 1 aliphatic heterocycles. The number of aromatic nitrogens is 5. The van der Waals surface area contributed by atoms with E-state index in [4.69, 9.17) is 0 Å². The summed E-state index contributed by atoms with van der Waals surface area (Å²) >= 11 is 0. The van der Waals surface area contributed by atoms with Gasteiger partial charge in [-0.25, -0.2) is 31.9 Å². The van der Waals surface area contributed by atoms with Crippen LogP contribution in [0.1, 0.15) is 66.9 Å². The van der Waals surface area contributed by atoms with Crippen LogP contribution in [0.5, 0.6) is 0 Å². The van der Waals surface area contributed by atoms with Gasteiger partial charge in [-0.05, 0) is 31.7 Å². The second-order valence-electron chi connectivity index (χ2n) is 10.9. The fourth-order valence-electron chi connectivity index (χ4n) is 5.65. The number of methoxy groups -OCH3 is 1. The van der Waals surface area contributed by atoms with E-state index in [-0.39, 0.29) is 55.1 Å². The summed E-state index contributed by atoms with van der Waals surface area (Å²) in [7, 11) is 1.15. The van der Waals surface area contributed by atoms with Gasteiger partial charge in [-0.3, -0.25) is 19.6 Å². The van der Waals surface area contributed by atoms with E-state index < -0.39 is 54.7 Å². The van der Waals surface area contributed by atoms with Crippen LogP contribution in [0.2, 0.25) is 0 Å². The van der Waals surface area contributed by atoms with Gasteiger partial charge in [-0.2, -0.15) is 10.2 Å². The number of amides is 3. The van der Waals surface area contributed by atoms with E-state index in [1.165, 1.54) is 27.7 Å². The average molecular weight is 609 g/mol. The number of ether oxygens (including phenoxy) is 1. The van der Waals surface area contributed by atoms with Crippen LogP contribution >= 0.6 is 0 Å². The summed E-state index contributed by atoms with van der Waals surface area (Å²) in [5, 5.41) is 16.2. The predicted octanol–water partition coefficient (Wildman–Crippen LogP) is 3.73. The van der Waals surface area contributed by atoms with Crippen LogP contribution in [0.3, 0.4) is 0 Å². The predicted molar refractivity (Wildman–Crippen MR) is 144 cm³/mol. The van der Waals surface area contributed by atoms with Crippen molar-refractivity contribution in [2.24, 2.45) is 11.8 Å². The molecule has 0 radical (unpaired) electrons. The molecule has 3 amide bonds. The maximum Gasteiger partial charge on any atom is 0.411 e. The molecule has 3 aromatic heterocycles. The summed E-state index contributed by atoms with van der Waals surface area (Å²) in [6.45, 7) is 1.51. The number of nitrogens with one attached hydrogen (secondary N) is 3. The Hall–Kier alpha value is -4.24. The lowest BCUT2D eigenvalue weighted by atomic mass is 9.81. The molecule has 0 aromatic carbocycles. The van der Waals surface area contributed by atoms with Crippen LogP contribution in [-0.4, -0.2) is 67.8 Å². The topological polar surface area (TPSA) is 145 Å². The minimum Gasteiger partial charge on any atom is -0.453 e. The molecular formula is C27H32F4N8O4. The first-order valence-electron chi connectivity index (χ1n) is 14.0. The zero-order chi connectivity index (χ0) is 30.9. The van der Waals surface area contributed by atoms with E-state index in [1.807, 2.05) is 6.92 Å². The lowest BCUT2D eigenvalue weighted by Gasteiger charge is -2.33. The molecule has 1 aliphatic carbocycles. The largest absolute Gasteiger partial charge is 0.453 e. The quantitative estimate of drug-likeness (QED) is 0.331. The van der Waals surface area contributed by atoms with E-state index in [0.29, 0.717) is 17.9 Å². The second-order valence-corrected chi connectivity index (χ2v) is 10.9. The van der Waals surface area contributed by atoms with Gasteiger partial charge < -0.3 is 15.4 Å². The van der Waals surface area contributed by atoms with E-state index in [1.54, 1.807) is 6.07 Å². The molecule has 1 saturated heterocycles. The number of fused-ring (bicyclic) bond motifs is 1. The summed E-state index contributed by atoms with van der Waals surface area (Å²) in [6.07, 6.45) is 0.841. The Bertz CT molecular complexity index is 1510. The Morgan fingerprint density at radius 1 is 1.21 bits per heavy atom. The Labute approximate surface area is 243 Å². The molecule has 2 fully saturated rings. The number of piperidine rings is 1. The fourth-order valence-corrected chi connectivity index (χ4v) is 5.65. The number of imidazole rings is 1. The molecular weight excluding hydrogens is 576 g/mol. The third-order valence-electron chi connectivity index (χ3n) is 7.93. The molecule has 16 heteroatoms. The average Bonchev–Trinajstić information content (AvgIpc) is 3.60. The first-order valence-corrected chi connectivity index (χ1v) is 14.0. The van der Waals surface area contributed by atoms with Crippen molar-refractivity contribution in [2.75, 3.05) is 19.0 Å². The number of anilines is 1. The summed E-state index contributed by atoms with van der Waals surface area (Å²) < 4.78 is 63.8. The Morgan fingerprint density at radius 3 is 2.65 bits per heavy atom. The number of hydrogen-bond donors (Lipinski definition) is 3. The zero-order valence-electron chi connectivity index (χ0n) is 23.6. The molecule has 5 rings (SSSR count). The van der Waals surface area contributed by atoms with Crippen LogP contribution in [-0.2, 0) is 22.5 Å². The molecule has 1 unspecified atom stereocenters. The second kappa shape index (κ2) is 11.8. The van der Waals surface area contributed by atoms with Gasteiger partial charge in [-0.1, -0.05) is 0 Å². The Kier molecular flexibility index (Phi) is 8.29. The third-order valence-corrected chi connectivity index (χ3v) is 7.93. The lowest BCUT2D eigenvalue weighted by molar-refractivity contribution is -0.136. The standard InChI is InChI=1S/C27H32F4N8O4/c1-3-38-20(6-9-33-38)24(41)36-22(15-4-7-26(28,29)8-5-15)19-13-39-21(34-19)11-17(35-25(42)43-2)18(37-39)10-16-12-27(30,31)14-32-23(16)40/h6,9,11,13,15-16,22H,3-5,7-8,10,12,14H2,1-2H3,(H,32,40)(H,35,42)(H,36,41)/t16?,22-/m0/s1. The molecule has 0 bridgehead atoms. The van der Waals surface area contributed by atoms with Crippen LogP contribution in [0.15, 0.2) is 24.5 Å². The van der Waals surface area contributed by atoms with Crippen LogP contribution in [0, 0.1) is 11.8 Å². The van der Waals surface area contributed by atoms with Gasteiger partial charge in [-0.15, -0.1) is 0 Å². The Morgan fingerprint density at radius 2 is 1.95 bits per heavy atom. The molecule has 2 atom stereocenters. The molecule has 1 saturated carbocycles. The van der Waals surface area contributed by atoms with Crippen molar-refractivity contribution < 1.29 is 36.7 Å². The highest BCUT2D eigenvalue weighted by atomic mass is 19.3. The SMILES string of the molecule is CCn1nccc1C(=O)N[C@H](c1cn2nc(CC3CC(F)(F)CNC3=O)c(NC(=O)OC)cc2n1)C1CCC(F)(F)CC1. The molecule has 12 nitrogen and oxygen atoms in total. The fraction of sp³-hybridized carbons (Fsp3) is 0.556. The molecule has 3 aromatic rings. The number of hydrogen-bond acceptors (Lipinski definition) is 7. The molecule has 3 N–H and O–H groups in total. The lowest BCUT2D eigenvalue weighted by Crippen LogP contribution is -2.48. The number of rotatable bonds is 8. The number of aryl methyl sites for hydroxylation is 1. The maximum absolute atomic E-state index is 14.1. The minimum atomic E-state index is -3.10. The van der Waals surface area contributed by atoms with Crippen LogP contribution in [0.4, 0.5) is 28.0 Å². The highest BCUT2D eigenvalue weighted by Crippen LogP contribution is 2.41. The van der Waals surface area contributed by atoms with Crippen LogP contribution < -0.4 is 16.0 Å². The summed E-state index contributed by atoms with van der Waals surface area (Å²) in [5.74, 6) is -8.40. The van der Waals surface area contributed by atoms with E-state index in [0.717, 1.165) is 7.11 Å². The van der Waals surface area contributed by atoms with E-state index in [2.05, 4.69) is 35.9 Å². The molecule has 232 valence electrons. The van der Waals surface area contributed by atoms with Gasteiger partial charge >= 0.3 is 6.09 Å². The van der Waals surface area contributed by atoms with Gasteiger partial charge in [0.05, 0.1) is 43.0 Å². The van der Waals surface area contributed by atoms with Crippen molar-refractivity contribution in [2.45, 2.75) is 69.9 Å². The van der Waals surface area contributed by atoms with Crippen molar-refractivity contribution in [1.82, 2.24) is 35.0 Å². The van der Waals surface area contributed by atoms with Crippen molar-refractivity contribution >= 4 is 29.2 Å². The van der Waals surface area contributed by atoms with Gasteiger partial charge in [0.25, 0.3) is 11.8 Å². The highest BCUT2D eigenvalue weighted by Gasteiger charge is 2.42. The van der Waals surface area contributed by atoms with Crippen molar-refractivity contribution in [3.63, 3.8) is 0 Å². The molecule has 2 aliphatic rings. The zero-order valence-corrected chi connectivity index (χ0v) is 23.6. The minimum absolute atomic E-state index is 0.0999. The summed E-state index contributed by atoms with van der Waals surface area (Å²) in [4.78, 5) is 42.4. The maximum atomic E-state index is 14.1. The normalized spacial score (nSPS) is 20.8. The van der Waals surface area contributed by atoms with Crippen LogP contribution in [0.25, 0.3) is 5.65 Å². The number of carbonyl (C=O) groups excluding carboxylic acids is 3. The van der Waals surface area contributed by atoms with Crippen molar-refractivity contribution in [3.05, 3.63) is 41.6 Å². The van der Waals surface area contributed by atoms with Gasteiger partial charge in [0.15, 0.2) is 5.65 Å².